The van der Waals surface area contributed by atoms with Gasteiger partial charge in [-0.1, -0.05) is 13.3 Å². The first-order chi connectivity index (χ1) is 8.53. The molecule has 2 aliphatic carbocycles. The van der Waals surface area contributed by atoms with Crippen LogP contribution in [0.15, 0.2) is 0 Å². The first kappa shape index (κ1) is 14.0. The molecule has 2 fully saturated rings. The monoisotopic (exact) mass is 258 g/mol. The molecule has 0 heterocycles. The van der Waals surface area contributed by atoms with Gasteiger partial charge in [-0.2, -0.15) is 0 Å². The van der Waals surface area contributed by atoms with Crippen LogP contribution < -0.4 is 0 Å². The third kappa shape index (κ3) is 2.92. The predicted molar refractivity (Wildman–Crippen MR) is 67.7 cm³/mol. The zero-order chi connectivity index (χ0) is 13.2. The summed E-state index contributed by atoms with van der Waals surface area (Å²) in [5, 5.41) is 0. The molecule has 104 valence electrons. The van der Waals surface area contributed by atoms with Gasteiger partial charge in [0.25, 0.3) is 0 Å². The topological polar surface area (TPSA) is 17.1 Å². The number of rotatable bonds is 4. The van der Waals surface area contributed by atoms with E-state index >= 15 is 0 Å². The minimum Gasteiger partial charge on any atom is -0.299 e. The average Bonchev–Trinajstić information content (AvgIpc) is 2.61. The van der Waals surface area contributed by atoms with Crippen molar-refractivity contribution in [1.82, 2.24) is 0 Å². The highest BCUT2D eigenvalue weighted by Crippen LogP contribution is 2.50. The Bertz CT molecular complexity index is 293. The van der Waals surface area contributed by atoms with Crippen LogP contribution in [0.1, 0.15) is 64.7 Å². The van der Waals surface area contributed by atoms with Gasteiger partial charge in [0, 0.05) is 17.8 Å². The van der Waals surface area contributed by atoms with Gasteiger partial charge < -0.3 is 0 Å². The number of hydrogen-bond donors (Lipinski definition) is 0. The van der Waals surface area contributed by atoms with Gasteiger partial charge in [-0.15, -0.1) is 0 Å². The molecule has 1 nitrogen and oxygen atoms in total. The maximum Gasteiger partial charge on any atom is 0.238 e. The lowest BCUT2D eigenvalue weighted by atomic mass is 9.67. The second-order valence-electron chi connectivity index (χ2n) is 6.35. The number of hydrogen-bond acceptors (Lipinski definition) is 1. The van der Waals surface area contributed by atoms with Gasteiger partial charge in [0.1, 0.15) is 5.78 Å². The Labute approximate surface area is 108 Å². The van der Waals surface area contributed by atoms with E-state index in [0.717, 1.165) is 44.9 Å². The summed E-state index contributed by atoms with van der Waals surface area (Å²) in [5.74, 6) is 1.31. The van der Waals surface area contributed by atoms with E-state index in [0.29, 0.717) is 18.1 Å². The molecular weight excluding hydrogens is 234 g/mol. The number of carbonyl (C=O) groups excluding carboxylic acids is 1. The maximum atomic E-state index is 12.2. The Morgan fingerprint density at radius 1 is 1.22 bits per heavy atom. The summed E-state index contributed by atoms with van der Waals surface area (Å²) in [6, 6.07) is 0. The van der Waals surface area contributed by atoms with Gasteiger partial charge in [0.05, 0.1) is 0 Å². The highest BCUT2D eigenvalue weighted by Gasteiger charge is 2.47. The largest absolute Gasteiger partial charge is 0.299 e. The van der Waals surface area contributed by atoms with Crippen LogP contribution in [0.5, 0.6) is 0 Å². The minimum absolute atomic E-state index is 0.0152. The Morgan fingerprint density at radius 3 is 2.33 bits per heavy atom. The second-order valence-corrected chi connectivity index (χ2v) is 6.35. The molecule has 0 N–H and O–H groups in total. The van der Waals surface area contributed by atoms with Crippen molar-refractivity contribution in [3.8, 4) is 0 Å². The van der Waals surface area contributed by atoms with E-state index in [-0.39, 0.29) is 17.8 Å². The van der Waals surface area contributed by atoms with Crippen molar-refractivity contribution in [2.24, 2.45) is 17.3 Å². The van der Waals surface area contributed by atoms with Crippen molar-refractivity contribution >= 4 is 5.78 Å². The SMILES string of the molecule is CC1CCC2(CCC(CCCC(F)F)CC2)C1=O. The fourth-order valence-corrected chi connectivity index (χ4v) is 3.85. The van der Waals surface area contributed by atoms with Crippen LogP contribution in [0.3, 0.4) is 0 Å². The quantitative estimate of drug-likeness (QED) is 0.720. The molecule has 0 bridgehead atoms. The molecular formula is C15H24F2O. The van der Waals surface area contributed by atoms with Gasteiger partial charge in [-0.3, -0.25) is 4.79 Å². The van der Waals surface area contributed by atoms with Crippen molar-refractivity contribution in [3.63, 3.8) is 0 Å². The molecule has 0 radical (unpaired) electrons. The Kier molecular flexibility index (Phi) is 4.39. The highest BCUT2D eigenvalue weighted by molar-refractivity contribution is 5.88. The molecule has 0 saturated heterocycles. The van der Waals surface area contributed by atoms with Crippen LogP contribution in [0.4, 0.5) is 8.78 Å². The fourth-order valence-electron chi connectivity index (χ4n) is 3.85. The van der Waals surface area contributed by atoms with Gasteiger partial charge in [-0.25, -0.2) is 8.78 Å². The van der Waals surface area contributed by atoms with E-state index in [1.165, 1.54) is 0 Å². The zero-order valence-electron chi connectivity index (χ0n) is 11.3. The van der Waals surface area contributed by atoms with Crippen molar-refractivity contribution in [3.05, 3.63) is 0 Å². The zero-order valence-corrected chi connectivity index (χ0v) is 11.3. The normalized spacial score (nSPS) is 36.8. The first-order valence-corrected chi connectivity index (χ1v) is 7.36. The number of Topliss-reactive ketones (excluding diaryl/α,β-unsaturated/α-hetero) is 1. The molecule has 1 spiro atoms. The van der Waals surface area contributed by atoms with Crippen molar-refractivity contribution in [2.45, 2.75) is 71.1 Å². The molecule has 0 aliphatic heterocycles. The minimum atomic E-state index is -2.16. The Hall–Kier alpha value is -0.470. The first-order valence-electron chi connectivity index (χ1n) is 7.36. The Balaban J connectivity index is 1.76. The Morgan fingerprint density at radius 2 is 1.83 bits per heavy atom. The predicted octanol–water partition coefficient (Wildman–Crippen LogP) is 4.60. The maximum absolute atomic E-state index is 12.2. The van der Waals surface area contributed by atoms with Crippen LogP contribution in [-0.4, -0.2) is 12.2 Å². The number of halogens is 2. The molecule has 0 aromatic heterocycles. The van der Waals surface area contributed by atoms with Crippen LogP contribution in [0.25, 0.3) is 0 Å². The summed E-state index contributed by atoms with van der Waals surface area (Å²) in [7, 11) is 0. The van der Waals surface area contributed by atoms with Gasteiger partial charge in [0.2, 0.25) is 6.43 Å². The fraction of sp³-hybridized carbons (Fsp3) is 0.933. The van der Waals surface area contributed by atoms with Crippen LogP contribution >= 0.6 is 0 Å². The molecule has 3 heteroatoms. The van der Waals surface area contributed by atoms with Crippen molar-refractivity contribution < 1.29 is 13.6 Å². The average molecular weight is 258 g/mol. The van der Waals surface area contributed by atoms with E-state index in [9.17, 15) is 13.6 Å². The van der Waals surface area contributed by atoms with E-state index in [2.05, 4.69) is 0 Å². The lowest BCUT2D eigenvalue weighted by molar-refractivity contribution is -0.130. The van der Waals surface area contributed by atoms with Gasteiger partial charge >= 0.3 is 0 Å². The molecule has 1 unspecified atom stereocenters. The molecule has 1 atom stereocenters. The summed E-state index contributed by atoms with van der Waals surface area (Å²) >= 11 is 0. The summed E-state index contributed by atoms with van der Waals surface area (Å²) in [6.07, 6.45) is 5.72. The molecule has 2 aliphatic rings. The van der Waals surface area contributed by atoms with E-state index < -0.39 is 6.43 Å². The van der Waals surface area contributed by atoms with Gasteiger partial charge in [-0.05, 0) is 50.9 Å². The number of alkyl halides is 2. The summed E-state index contributed by atoms with van der Waals surface area (Å²) in [4.78, 5) is 12.2. The van der Waals surface area contributed by atoms with Crippen LogP contribution in [0, 0.1) is 17.3 Å². The highest BCUT2D eigenvalue weighted by atomic mass is 19.3. The summed E-state index contributed by atoms with van der Waals surface area (Å²) in [6.45, 7) is 2.05. The van der Waals surface area contributed by atoms with E-state index in [4.69, 9.17) is 0 Å². The van der Waals surface area contributed by atoms with Crippen molar-refractivity contribution in [1.29, 1.82) is 0 Å². The van der Waals surface area contributed by atoms with E-state index in [1.54, 1.807) is 0 Å². The second kappa shape index (κ2) is 5.66. The molecule has 0 amide bonds. The lowest BCUT2D eigenvalue weighted by Gasteiger charge is -2.36. The molecule has 2 rings (SSSR count). The van der Waals surface area contributed by atoms with Crippen LogP contribution in [0.2, 0.25) is 0 Å². The summed E-state index contributed by atoms with van der Waals surface area (Å²) < 4.78 is 24.2. The number of ketones is 1. The van der Waals surface area contributed by atoms with E-state index in [1.807, 2.05) is 6.92 Å². The molecule has 0 aromatic rings. The third-order valence-corrected chi connectivity index (χ3v) is 5.12. The lowest BCUT2D eigenvalue weighted by Crippen LogP contribution is -2.32. The molecule has 0 aromatic carbocycles. The standard InChI is InChI=1S/C15H24F2O/c1-11-5-8-15(14(11)18)9-6-12(7-10-15)3-2-4-13(16)17/h11-13H,2-10H2,1H3. The third-order valence-electron chi connectivity index (χ3n) is 5.12. The number of carbonyl (C=O) groups is 1. The molecule has 18 heavy (non-hydrogen) atoms. The summed E-state index contributed by atoms with van der Waals surface area (Å²) in [5.41, 5.74) is -0.0152. The smallest absolute Gasteiger partial charge is 0.238 e. The van der Waals surface area contributed by atoms with Gasteiger partial charge in [0.15, 0.2) is 0 Å². The van der Waals surface area contributed by atoms with Crippen LogP contribution in [-0.2, 0) is 4.79 Å². The molecule has 2 saturated carbocycles. The van der Waals surface area contributed by atoms with Crippen molar-refractivity contribution in [2.75, 3.05) is 0 Å².